The molecule has 1 aromatic carbocycles. The van der Waals surface area contributed by atoms with Crippen LogP contribution in [0.2, 0.25) is 0 Å². The van der Waals surface area contributed by atoms with E-state index in [4.69, 9.17) is 5.11 Å². The largest absolute Gasteiger partial charge is 0.480 e. The van der Waals surface area contributed by atoms with E-state index in [2.05, 4.69) is 21.2 Å². The molecule has 6 heteroatoms. The van der Waals surface area contributed by atoms with Crippen molar-refractivity contribution >= 4 is 27.8 Å². The average molecular weight is 304 g/mol. The Balaban J connectivity index is 2.82. The summed E-state index contributed by atoms with van der Waals surface area (Å²) in [5.41, 5.74) is 0.624. The first-order valence-electron chi connectivity index (χ1n) is 4.84. The second kappa shape index (κ2) is 5.77. The summed E-state index contributed by atoms with van der Waals surface area (Å²) in [4.78, 5) is 21.7. The number of carbonyl (C=O) groups is 2. The molecule has 0 saturated heterocycles. The minimum absolute atomic E-state index is 0.105. The van der Waals surface area contributed by atoms with E-state index in [1.165, 1.54) is 25.1 Å². The molecule has 0 aromatic heterocycles. The summed E-state index contributed by atoms with van der Waals surface area (Å²) in [6.45, 7) is 1.25. The van der Waals surface area contributed by atoms with Crippen LogP contribution in [0.3, 0.4) is 0 Å². The van der Waals surface area contributed by atoms with Crippen molar-refractivity contribution in [3.05, 3.63) is 34.1 Å². The first-order chi connectivity index (χ1) is 7.90. The van der Waals surface area contributed by atoms with E-state index in [0.29, 0.717) is 5.56 Å². The Labute approximate surface area is 106 Å². The number of carboxylic acid groups (broad SMARTS) is 1. The lowest BCUT2D eigenvalue weighted by Crippen LogP contribution is -2.41. The van der Waals surface area contributed by atoms with Gasteiger partial charge in [-0.05, 0) is 33.6 Å². The van der Waals surface area contributed by atoms with Crippen LogP contribution in [0.15, 0.2) is 22.7 Å². The van der Waals surface area contributed by atoms with E-state index < -0.39 is 23.7 Å². The van der Waals surface area contributed by atoms with E-state index in [1.54, 1.807) is 0 Å². The predicted molar refractivity (Wildman–Crippen MR) is 63.0 cm³/mol. The average Bonchev–Trinajstić information content (AvgIpc) is 2.21. The maximum Gasteiger partial charge on any atom is 0.326 e. The molecule has 0 aliphatic rings. The quantitative estimate of drug-likeness (QED) is 0.890. The number of benzene rings is 1. The van der Waals surface area contributed by atoms with Gasteiger partial charge in [-0.3, -0.25) is 4.79 Å². The molecule has 1 amide bonds. The highest BCUT2D eigenvalue weighted by Crippen LogP contribution is 2.17. The fourth-order valence-electron chi connectivity index (χ4n) is 1.35. The third kappa shape index (κ3) is 4.14. The van der Waals surface area contributed by atoms with Crippen molar-refractivity contribution in [2.24, 2.45) is 0 Å². The number of hydrogen-bond donors (Lipinski definition) is 2. The second-order valence-corrected chi connectivity index (χ2v) is 4.40. The number of rotatable bonds is 4. The van der Waals surface area contributed by atoms with Gasteiger partial charge in [-0.15, -0.1) is 0 Å². The summed E-state index contributed by atoms with van der Waals surface area (Å²) in [6.07, 6.45) is 0.105. The Morgan fingerprint density at radius 2 is 2.18 bits per heavy atom. The van der Waals surface area contributed by atoms with Crippen LogP contribution < -0.4 is 5.32 Å². The van der Waals surface area contributed by atoms with Crippen molar-refractivity contribution in [3.8, 4) is 0 Å². The van der Waals surface area contributed by atoms with Gasteiger partial charge < -0.3 is 10.4 Å². The maximum atomic E-state index is 13.0. The molecule has 0 saturated carbocycles. The lowest BCUT2D eigenvalue weighted by atomic mass is 10.1. The fourth-order valence-corrected chi connectivity index (χ4v) is 1.77. The van der Waals surface area contributed by atoms with E-state index in [-0.39, 0.29) is 10.9 Å². The monoisotopic (exact) mass is 303 g/mol. The smallest absolute Gasteiger partial charge is 0.326 e. The van der Waals surface area contributed by atoms with Crippen LogP contribution >= 0.6 is 15.9 Å². The van der Waals surface area contributed by atoms with E-state index in [1.807, 2.05) is 0 Å². The van der Waals surface area contributed by atoms with Gasteiger partial charge in [0.1, 0.15) is 11.9 Å². The van der Waals surface area contributed by atoms with Crippen LogP contribution in [-0.2, 0) is 16.0 Å². The Morgan fingerprint density at radius 1 is 1.53 bits per heavy atom. The molecule has 4 nitrogen and oxygen atoms in total. The highest BCUT2D eigenvalue weighted by molar-refractivity contribution is 9.10. The molecule has 2 N–H and O–H groups in total. The van der Waals surface area contributed by atoms with Crippen molar-refractivity contribution in [2.75, 3.05) is 0 Å². The molecule has 17 heavy (non-hydrogen) atoms. The number of aliphatic carboxylic acids is 1. The summed E-state index contributed by atoms with van der Waals surface area (Å²) < 4.78 is 13.2. The van der Waals surface area contributed by atoms with Crippen LogP contribution in [0, 0.1) is 5.82 Å². The Hall–Kier alpha value is -1.43. The van der Waals surface area contributed by atoms with E-state index >= 15 is 0 Å². The van der Waals surface area contributed by atoms with Crippen LogP contribution in [0.4, 0.5) is 4.39 Å². The summed E-state index contributed by atoms with van der Waals surface area (Å²) in [6, 6.07) is 3.21. The minimum atomic E-state index is -1.12. The van der Waals surface area contributed by atoms with E-state index in [0.717, 1.165) is 0 Å². The third-order valence-electron chi connectivity index (χ3n) is 2.10. The molecular formula is C11H11BrFNO3. The molecule has 92 valence electrons. The summed E-state index contributed by atoms with van der Waals surface area (Å²) in [5.74, 6) is -1.96. The molecule has 0 bridgehead atoms. The van der Waals surface area contributed by atoms with Crippen molar-refractivity contribution in [3.63, 3.8) is 0 Å². The van der Waals surface area contributed by atoms with Gasteiger partial charge in [-0.1, -0.05) is 6.07 Å². The maximum absolute atomic E-state index is 13.0. The fraction of sp³-hybridized carbons (Fsp3) is 0.273. The standard InChI is InChI=1S/C11H11BrFNO3/c1-6(15)14-10(11(16)17)5-7-2-3-9(13)8(12)4-7/h2-4,10H,5H2,1H3,(H,14,15)(H,16,17)/t10-/m0/s1. The number of amides is 1. The van der Waals surface area contributed by atoms with Gasteiger partial charge in [0.2, 0.25) is 5.91 Å². The molecule has 1 atom stereocenters. The van der Waals surface area contributed by atoms with E-state index in [9.17, 15) is 14.0 Å². The normalized spacial score (nSPS) is 11.9. The van der Waals surface area contributed by atoms with Crippen molar-refractivity contribution in [1.29, 1.82) is 0 Å². The molecule has 0 unspecified atom stereocenters. The van der Waals surface area contributed by atoms with Crippen molar-refractivity contribution < 1.29 is 19.1 Å². The predicted octanol–water partition coefficient (Wildman–Crippen LogP) is 1.72. The van der Waals surface area contributed by atoms with Crippen LogP contribution in [0.1, 0.15) is 12.5 Å². The SMILES string of the molecule is CC(=O)N[C@@H](Cc1ccc(F)c(Br)c1)C(=O)O. The van der Waals surface area contributed by atoms with Gasteiger partial charge in [0.15, 0.2) is 0 Å². The third-order valence-corrected chi connectivity index (χ3v) is 2.71. The van der Waals surface area contributed by atoms with Gasteiger partial charge in [-0.2, -0.15) is 0 Å². The molecule has 1 rings (SSSR count). The molecule has 0 spiro atoms. The van der Waals surface area contributed by atoms with Gasteiger partial charge in [-0.25, -0.2) is 9.18 Å². The molecule has 0 heterocycles. The highest BCUT2D eigenvalue weighted by atomic mass is 79.9. The highest BCUT2D eigenvalue weighted by Gasteiger charge is 2.19. The molecule has 0 aliphatic carbocycles. The molecule has 0 aliphatic heterocycles. The van der Waals surface area contributed by atoms with Crippen molar-refractivity contribution in [1.82, 2.24) is 5.32 Å². The first-order valence-corrected chi connectivity index (χ1v) is 5.63. The lowest BCUT2D eigenvalue weighted by molar-refractivity contribution is -0.141. The summed E-state index contributed by atoms with van der Waals surface area (Å²) in [5, 5.41) is 11.2. The first kappa shape index (κ1) is 13.6. The van der Waals surface area contributed by atoms with Crippen LogP contribution in [0.5, 0.6) is 0 Å². The number of hydrogen-bond acceptors (Lipinski definition) is 2. The Bertz CT molecular complexity index is 450. The van der Waals surface area contributed by atoms with Gasteiger partial charge in [0.05, 0.1) is 4.47 Å². The topological polar surface area (TPSA) is 66.4 Å². The number of nitrogens with one attached hydrogen (secondary N) is 1. The lowest BCUT2D eigenvalue weighted by Gasteiger charge is -2.13. The molecule has 0 radical (unpaired) electrons. The molecule has 1 aromatic rings. The minimum Gasteiger partial charge on any atom is -0.480 e. The number of carbonyl (C=O) groups excluding carboxylic acids is 1. The van der Waals surface area contributed by atoms with Gasteiger partial charge in [0.25, 0.3) is 0 Å². The van der Waals surface area contributed by atoms with Gasteiger partial charge >= 0.3 is 5.97 Å². The summed E-state index contributed by atoms with van der Waals surface area (Å²) in [7, 11) is 0. The zero-order chi connectivity index (χ0) is 13.0. The Morgan fingerprint density at radius 3 is 2.65 bits per heavy atom. The zero-order valence-corrected chi connectivity index (χ0v) is 10.6. The van der Waals surface area contributed by atoms with Gasteiger partial charge in [0, 0.05) is 13.3 Å². The van der Waals surface area contributed by atoms with Crippen molar-refractivity contribution in [2.45, 2.75) is 19.4 Å². The van der Waals surface area contributed by atoms with Crippen LogP contribution in [-0.4, -0.2) is 23.0 Å². The number of carboxylic acids is 1. The van der Waals surface area contributed by atoms with Crippen LogP contribution in [0.25, 0.3) is 0 Å². The molecular weight excluding hydrogens is 293 g/mol. The number of halogens is 2. The molecule has 0 fully saturated rings. The Kier molecular flexibility index (Phi) is 4.62. The second-order valence-electron chi connectivity index (χ2n) is 3.54. The zero-order valence-electron chi connectivity index (χ0n) is 9.04. The summed E-state index contributed by atoms with van der Waals surface area (Å²) >= 11 is 3.01.